The van der Waals surface area contributed by atoms with Gasteiger partial charge in [0.1, 0.15) is 12.1 Å². The first-order chi connectivity index (χ1) is 8.25. The van der Waals surface area contributed by atoms with Gasteiger partial charge >= 0.3 is 0 Å². The monoisotopic (exact) mass is 251 g/mol. The van der Waals surface area contributed by atoms with Crippen molar-refractivity contribution in [1.29, 1.82) is 0 Å². The van der Waals surface area contributed by atoms with Gasteiger partial charge in [-0.2, -0.15) is 5.10 Å². The molecule has 0 aliphatic heterocycles. The van der Waals surface area contributed by atoms with E-state index in [1.54, 1.807) is 17.2 Å². The Hall–Kier alpha value is -1.36. The van der Waals surface area contributed by atoms with Crippen LogP contribution in [0, 0.1) is 5.92 Å². The van der Waals surface area contributed by atoms with Crippen molar-refractivity contribution in [1.82, 2.24) is 19.7 Å². The van der Waals surface area contributed by atoms with Crippen molar-refractivity contribution in [3.05, 3.63) is 12.5 Å². The van der Waals surface area contributed by atoms with Crippen LogP contribution in [0.2, 0.25) is 0 Å². The molecule has 0 saturated heterocycles. The fourth-order valence-electron chi connectivity index (χ4n) is 1.92. The first-order valence-corrected chi connectivity index (χ1v) is 6.20. The van der Waals surface area contributed by atoms with Gasteiger partial charge in [-0.05, 0) is 18.8 Å². The zero-order chi connectivity index (χ0) is 11.8. The Bertz CT molecular complexity index is 534. The van der Waals surface area contributed by atoms with E-state index in [2.05, 4.69) is 20.4 Å². The molecule has 0 amide bonds. The zero-order valence-electron chi connectivity index (χ0n) is 9.60. The molecule has 2 aromatic heterocycles. The number of halogens is 1. The molecule has 1 saturated carbocycles. The predicted octanol–water partition coefficient (Wildman–Crippen LogP) is 1.79. The van der Waals surface area contributed by atoms with E-state index in [4.69, 9.17) is 11.6 Å². The molecule has 0 bridgehead atoms. The average molecular weight is 252 g/mol. The van der Waals surface area contributed by atoms with E-state index in [0.717, 1.165) is 23.4 Å². The number of rotatable bonds is 4. The summed E-state index contributed by atoms with van der Waals surface area (Å²) in [5.41, 5.74) is 0.833. The fourth-order valence-corrected chi connectivity index (χ4v) is 2.25. The molecule has 1 unspecified atom stereocenters. The van der Waals surface area contributed by atoms with Crippen molar-refractivity contribution in [2.24, 2.45) is 13.0 Å². The number of hydrogen-bond acceptors (Lipinski definition) is 4. The van der Waals surface area contributed by atoms with E-state index in [1.165, 1.54) is 12.8 Å². The van der Waals surface area contributed by atoms with Crippen LogP contribution in [0.25, 0.3) is 11.0 Å². The van der Waals surface area contributed by atoms with Crippen LogP contribution in [0.3, 0.4) is 0 Å². The molecule has 6 heteroatoms. The molecule has 2 aromatic rings. The summed E-state index contributed by atoms with van der Waals surface area (Å²) in [7, 11) is 1.87. The van der Waals surface area contributed by atoms with Gasteiger partial charge in [0.25, 0.3) is 0 Å². The first kappa shape index (κ1) is 10.8. The highest BCUT2D eigenvalue weighted by molar-refractivity contribution is 6.21. The normalized spacial score (nSPS) is 17.3. The third-order valence-corrected chi connectivity index (χ3v) is 3.64. The van der Waals surface area contributed by atoms with Crippen LogP contribution in [-0.2, 0) is 7.05 Å². The maximum Gasteiger partial charge on any atom is 0.163 e. The van der Waals surface area contributed by atoms with Crippen molar-refractivity contribution in [2.45, 2.75) is 18.2 Å². The molecular weight excluding hydrogens is 238 g/mol. The van der Waals surface area contributed by atoms with Gasteiger partial charge in [0.2, 0.25) is 0 Å². The van der Waals surface area contributed by atoms with Crippen LogP contribution in [0.15, 0.2) is 12.5 Å². The lowest BCUT2D eigenvalue weighted by molar-refractivity contribution is 0.768. The van der Waals surface area contributed by atoms with Crippen LogP contribution in [-0.4, -0.2) is 31.7 Å². The Morgan fingerprint density at radius 1 is 1.53 bits per heavy atom. The van der Waals surface area contributed by atoms with Gasteiger partial charge < -0.3 is 5.32 Å². The lowest BCUT2D eigenvalue weighted by Gasteiger charge is -2.10. The van der Waals surface area contributed by atoms with Gasteiger partial charge in [-0.15, -0.1) is 11.6 Å². The Morgan fingerprint density at radius 2 is 2.35 bits per heavy atom. The van der Waals surface area contributed by atoms with Gasteiger partial charge in [-0.1, -0.05) is 0 Å². The summed E-state index contributed by atoms with van der Waals surface area (Å²) in [5.74, 6) is 1.49. The molecule has 1 aliphatic rings. The van der Waals surface area contributed by atoms with Gasteiger partial charge in [0.15, 0.2) is 5.65 Å². The third kappa shape index (κ3) is 2.07. The number of alkyl halides is 1. The average Bonchev–Trinajstić information content (AvgIpc) is 3.12. The molecule has 1 N–H and O–H groups in total. The van der Waals surface area contributed by atoms with Gasteiger partial charge in [-0.3, -0.25) is 4.68 Å². The van der Waals surface area contributed by atoms with Crippen LogP contribution in [0.5, 0.6) is 0 Å². The van der Waals surface area contributed by atoms with E-state index in [0.29, 0.717) is 5.92 Å². The Kier molecular flexibility index (Phi) is 2.63. The molecule has 0 aromatic carbocycles. The van der Waals surface area contributed by atoms with Crippen molar-refractivity contribution >= 4 is 28.5 Å². The summed E-state index contributed by atoms with van der Waals surface area (Å²) in [6.45, 7) is 0.743. The summed E-state index contributed by atoms with van der Waals surface area (Å²) in [6, 6.07) is 0. The second-order valence-corrected chi connectivity index (χ2v) is 5.02. The van der Waals surface area contributed by atoms with E-state index >= 15 is 0 Å². The summed E-state index contributed by atoms with van der Waals surface area (Å²) in [4.78, 5) is 8.43. The van der Waals surface area contributed by atoms with E-state index in [9.17, 15) is 0 Å². The number of nitrogens with one attached hydrogen (secondary N) is 1. The standard InChI is InChI=1S/C11H14ClN5/c1-17-11-8(4-16-17)10(14-6-15-11)13-5-9(12)7-2-3-7/h4,6-7,9H,2-3,5H2,1H3,(H,13,14,15). The number of aromatic nitrogens is 4. The number of hydrogen-bond donors (Lipinski definition) is 1. The summed E-state index contributed by atoms with van der Waals surface area (Å²) >= 11 is 6.26. The molecule has 17 heavy (non-hydrogen) atoms. The summed E-state index contributed by atoms with van der Waals surface area (Å²) in [5, 5.41) is 8.59. The fraction of sp³-hybridized carbons (Fsp3) is 0.545. The van der Waals surface area contributed by atoms with Gasteiger partial charge in [0, 0.05) is 13.6 Å². The summed E-state index contributed by atoms with van der Waals surface area (Å²) < 4.78 is 1.74. The largest absolute Gasteiger partial charge is 0.368 e. The van der Waals surface area contributed by atoms with Crippen molar-refractivity contribution in [2.75, 3.05) is 11.9 Å². The third-order valence-electron chi connectivity index (χ3n) is 3.13. The van der Waals surface area contributed by atoms with Gasteiger partial charge in [0.05, 0.1) is 17.0 Å². The maximum absolute atomic E-state index is 6.26. The first-order valence-electron chi connectivity index (χ1n) is 5.76. The van der Waals surface area contributed by atoms with E-state index < -0.39 is 0 Å². The highest BCUT2D eigenvalue weighted by atomic mass is 35.5. The molecule has 0 radical (unpaired) electrons. The SMILES string of the molecule is Cn1ncc2c(NCC(Cl)C3CC3)ncnc21. The minimum Gasteiger partial charge on any atom is -0.368 e. The molecule has 0 spiro atoms. The highest BCUT2D eigenvalue weighted by Crippen LogP contribution is 2.35. The number of aryl methyl sites for hydroxylation is 1. The lowest BCUT2D eigenvalue weighted by atomic mass is 10.3. The smallest absolute Gasteiger partial charge is 0.163 e. The van der Waals surface area contributed by atoms with Crippen LogP contribution in [0.4, 0.5) is 5.82 Å². The van der Waals surface area contributed by atoms with Crippen LogP contribution < -0.4 is 5.32 Å². The maximum atomic E-state index is 6.26. The minimum absolute atomic E-state index is 0.191. The predicted molar refractivity (Wildman–Crippen MR) is 67.2 cm³/mol. The minimum atomic E-state index is 0.191. The van der Waals surface area contributed by atoms with E-state index in [1.807, 2.05) is 7.05 Å². The van der Waals surface area contributed by atoms with E-state index in [-0.39, 0.29) is 5.38 Å². The zero-order valence-corrected chi connectivity index (χ0v) is 10.4. The van der Waals surface area contributed by atoms with Crippen LogP contribution >= 0.6 is 11.6 Å². The Morgan fingerprint density at radius 3 is 3.12 bits per heavy atom. The van der Waals surface area contributed by atoms with Crippen molar-refractivity contribution in [3.8, 4) is 0 Å². The molecule has 90 valence electrons. The molecule has 2 heterocycles. The topological polar surface area (TPSA) is 55.6 Å². The summed E-state index contributed by atoms with van der Waals surface area (Å²) in [6.07, 6.45) is 5.83. The second-order valence-electron chi connectivity index (χ2n) is 4.46. The number of fused-ring (bicyclic) bond motifs is 1. The van der Waals surface area contributed by atoms with Crippen LogP contribution in [0.1, 0.15) is 12.8 Å². The molecule has 1 atom stereocenters. The Balaban J connectivity index is 1.79. The number of anilines is 1. The number of nitrogens with zero attached hydrogens (tertiary/aromatic N) is 4. The lowest BCUT2D eigenvalue weighted by Crippen LogP contribution is -2.16. The molecule has 5 nitrogen and oxygen atoms in total. The van der Waals surface area contributed by atoms with Gasteiger partial charge in [-0.25, -0.2) is 9.97 Å². The molecular formula is C11H14ClN5. The second kappa shape index (κ2) is 4.14. The molecule has 1 fully saturated rings. The Labute approximate surface area is 104 Å². The van der Waals surface area contributed by atoms with Crippen molar-refractivity contribution < 1.29 is 0 Å². The quantitative estimate of drug-likeness (QED) is 0.842. The molecule has 1 aliphatic carbocycles. The molecule has 3 rings (SSSR count). The van der Waals surface area contributed by atoms with Crippen molar-refractivity contribution in [3.63, 3.8) is 0 Å². The highest BCUT2D eigenvalue weighted by Gasteiger charge is 2.29.